The fourth-order valence-corrected chi connectivity index (χ4v) is 4.64. The van der Waals surface area contributed by atoms with Gasteiger partial charge in [-0.25, -0.2) is 10.1 Å². The Morgan fingerprint density at radius 2 is 1.88 bits per heavy atom. The van der Waals surface area contributed by atoms with Crippen LogP contribution in [0.1, 0.15) is 6.92 Å². The molecule has 9 atom stereocenters. The van der Waals surface area contributed by atoms with Crippen molar-refractivity contribution in [3.63, 3.8) is 0 Å². The molecule has 3 saturated heterocycles. The van der Waals surface area contributed by atoms with Crippen molar-refractivity contribution in [3.05, 3.63) is 0 Å². The van der Waals surface area contributed by atoms with Crippen LogP contribution in [0.25, 0.3) is 0 Å². The molecular weight excluding hydrogens is 342 g/mol. The zero-order valence-corrected chi connectivity index (χ0v) is 13.3. The van der Waals surface area contributed by atoms with E-state index in [1.54, 1.807) is 6.92 Å². The topological polar surface area (TPSA) is 191 Å². The molecule has 5 aliphatic rings. The molecule has 1 aliphatic carbocycles. The van der Waals surface area contributed by atoms with Gasteiger partial charge in [0.15, 0.2) is 12.3 Å². The van der Waals surface area contributed by atoms with Gasteiger partial charge in [0, 0.05) is 0 Å². The van der Waals surface area contributed by atoms with Gasteiger partial charge < -0.3 is 45.8 Å². The number of aliphatic hydroxyl groups excluding tert-OH is 4. The predicted octanol–water partition coefficient (Wildman–Crippen LogP) is -4.86. The summed E-state index contributed by atoms with van der Waals surface area (Å²) in [4.78, 5) is 9.24. The fourth-order valence-electron chi connectivity index (χ4n) is 4.64. The van der Waals surface area contributed by atoms with Gasteiger partial charge in [0.05, 0.1) is 19.1 Å². The zero-order valence-electron chi connectivity index (χ0n) is 13.3. The molecule has 5 rings (SSSR count). The van der Waals surface area contributed by atoms with Crippen molar-refractivity contribution < 1.29 is 45.0 Å². The lowest BCUT2D eigenvalue weighted by molar-refractivity contribution is -0.563. The standard InChI is InChI=1S/C13H21N3O9/c1-2-23-16-10(14)15-8(19)4-6-11(21,3-17)7-5(18)12(4,16)9(20)13(22,24-6)25-7/h4-9,17-22H,2-3H2,1H3,(H2,14,15)/t4-,5?,6-,7+,8-,9+,11+,12-,13+/m1/s1. The molecule has 0 aromatic carbocycles. The van der Waals surface area contributed by atoms with Crippen molar-refractivity contribution in [1.29, 1.82) is 0 Å². The summed E-state index contributed by atoms with van der Waals surface area (Å²) >= 11 is 0. The maximum atomic E-state index is 10.9. The molecule has 142 valence electrons. The molecule has 0 aromatic heterocycles. The second-order valence-corrected chi connectivity index (χ2v) is 6.73. The van der Waals surface area contributed by atoms with E-state index in [1.807, 2.05) is 0 Å². The largest absolute Gasteiger partial charge is 0.393 e. The Hall–Kier alpha value is -1.09. The quantitative estimate of drug-likeness (QED) is 0.254. The first-order valence-electron chi connectivity index (χ1n) is 7.90. The molecule has 12 heteroatoms. The molecule has 4 aliphatic heterocycles. The third kappa shape index (κ3) is 1.69. The van der Waals surface area contributed by atoms with Crippen molar-refractivity contribution in [2.75, 3.05) is 13.2 Å². The van der Waals surface area contributed by atoms with E-state index in [0.29, 0.717) is 0 Å². The van der Waals surface area contributed by atoms with Gasteiger partial charge in [-0.15, -0.1) is 0 Å². The van der Waals surface area contributed by atoms with Crippen molar-refractivity contribution in [3.8, 4) is 0 Å². The number of hydrogen-bond acceptors (Lipinski definition) is 12. The van der Waals surface area contributed by atoms with Gasteiger partial charge in [-0.2, -0.15) is 0 Å². The number of hydroxylamine groups is 2. The number of aliphatic imine (C=N–C) groups is 1. The first-order chi connectivity index (χ1) is 11.7. The van der Waals surface area contributed by atoms with Crippen LogP contribution in [-0.2, 0) is 14.3 Å². The first-order valence-corrected chi connectivity index (χ1v) is 7.90. The van der Waals surface area contributed by atoms with Crippen LogP contribution in [0.3, 0.4) is 0 Å². The van der Waals surface area contributed by atoms with E-state index in [9.17, 15) is 30.6 Å². The summed E-state index contributed by atoms with van der Waals surface area (Å²) in [6.45, 7) is 0.803. The molecule has 4 fully saturated rings. The smallest absolute Gasteiger partial charge is 0.311 e. The SMILES string of the molecule is CCON1C(N)=N[C@H](O)[C@H]2[C@H]3O[C@]4(O)O[C@@H](C(O)[C@@]21[C@@H]4O)[C@]3(O)CO. The minimum Gasteiger partial charge on any atom is -0.393 e. The van der Waals surface area contributed by atoms with Crippen LogP contribution in [-0.4, -0.2) is 103 Å². The summed E-state index contributed by atoms with van der Waals surface area (Å²) in [6, 6.07) is 0. The Kier molecular flexibility index (Phi) is 3.46. The second-order valence-electron chi connectivity index (χ2n) is 6.73. The number of ether oxygens (including phenoxy) is 2. The minimum atomic E-state index is -2.60. The zero-order chi connectivity index (χ0) is 18.4. The molecular formula is C13H21N3O9. The van der Waals surface area contributed by atoms with Crippen molar-refractivity contribution >= 4 is 5.96 Å². The maximum absolute atomic E-state index is 10.9. The molecule has 0 amide bonds. The number of nitrogens with two attached hydrogens (primary N) is 1. The van der Waals surface area contributed by atoms with Crippen molar-refractivity contribution in [2.24, 2.45) is 16.6 Å². The highest BCUT2D eigenvalue weighted by atomic mass is 16.9. The summed E-state index contributed by atoms with van der Waals surface area (Å²) in [7, 11) is 0. The number of nitrogens with zero attached hydrogens (tertiary/aromatic N) is 2. The van der Waals surface area contributed by atoms with Crippen molar-refractivity contribution in [2.45, 2.75) is 54.7 Å². The number of rotatable bonds is 3. The summed E-state index contributed by atoms with van der Waals surface area (Å²) in [6.07, 6.45) is -8.20. The van der Waals surface area contributed by atoms with E-state index in [-0.39, 0.29) is 12.6 Å². The van der Waals surface area contributed by atoms with Crippen LogP contribution in [0.5, 0.6) is 0 Å². The van der Waals surface area contributed by atoms with Crippen LogP contribution >= 0.6 is 0 Å². The normalized spacial score (nSPS) is 56.8. The average Bonchev–Trinajstić information content (AvgIpc) is 2.56. The lowest BCUT2D eigenvalue weighted by Gasteiger charge is -2.72. The van der Waals surface area contributed by atoms with Crippen LogP contribution in [0.15, 0.2) is 4.99 Å². The lowest BCUT2D eigenvalue weighted by atomic mass is 9.55. The monoisotopic (exact) mass is 363 g/mol. The fraction of sp³-hybridized carbons (Fsp3) is 0.923. The summed E-state index contributed by atoms with van der Waals surface area (Å²) in [5.41, 5.74) is 1.75. The van der Waals surface area contributed by atoms with E-state index < -0.39 is 60.3 Å². The Morgan fingerprint density at radius 1 is 1.24 bits per heavy atom. The highest BCUT2D eigenvalue weighted by Crippen LogP contribution is 2.60. The Labute approximate surface area is 141 Å². The van der Waals surface area contributed by atoms with Gasteiger partial charge in [-0.3, -0.25) is 4.84 Å². The summed E-state index contributed by atoms with van der Waals surface area (Å²) < 4.78 is 10.4. The van der Waals surface area contributed by atoms with Gasteiger partial charge in [-0.05, 0) is 6.92 Å². The highest BCUT2D eigenvalue weighted by Gasteiger charge is 2.85. The molecule has 0 aromatic rings. The molecule has 4 heterocycles. The molecule has 4 bridgehead atoms. The van der Waals surface area contributed by atoms with Crippen molar-refractivity contribution in [1.82, 2.24) is 5.06 Å². The maximum Gasteiger partial charge on any atom is 0.311 e. The van der Waals surface area contributed by atoms with Gasteiger partial charge in [0.25, 0.3) is 0 Å². The molecule has 1 spiro atoms. The van der Waals surface area contributed by atoms with Gasteiger partial charge in [0.1, 0.15) is 29.5 Å². The van der Waals surface area contributed by atoms with E-state index in [0.717, 1.165) is 5.06 Å². The number of guanidine groups is 1. The van der Waals surface area contributed by atoms with E-state index in [4.69, 9.17) is 20.0 Å². The van der Waals surface area contributed by atoms with Gasteiger partial charge in [-0.1, -0.05) is 0 Å². The highest BCUT2D eigenvalue weighted by molar-refractivity contribution is 5.79. The number of aliphatic hydroxyl groups is 6. The molecule has 0 radical (unpaired) electrons. The second kappa shape index (κ2) is 5.00. The molecule has 12 nitrogen and oxygen atoms in total. The summed E-state index contributed by atoms with van der Waals surface area (Å²) in [5.74, 6) is -4.21. The Bertz CT molecular complexity index is 622. The van der Waals surface area contributed by atoms with Crippen LogP contribution < -0.4 is 5.73 Å². The van der Waals surface area contributed by atoms with E-state index in [1.165, 1.54) is 0 Å². The van der Waals surface area contributed by atoms with Crippen LogP contribution in [0.4, 0.5) is 0 Å². The molecule has 1 saturated carbocycles. The average molecular weight is 363 g/mol. The Morgan fingerprint density at radius 3 is 2.48 bits per heavy atom. The lowest BCUT2D eigenvalue weighted by Crippen LogP contribution is -2.95. The Balaban J connectivity index is 1.97. The molecule has 25 heavy (non-hydrogen) atoms. The van der Waals surface area contributed by atoms with Crippen LogP contribution in [0.2, 0.25) is 0 Å². The third-order valence-corrected chi connectivity index (χ3v) is 5.64. The van der Waals surface area contributed by atoms with E-state index in [2.05, 4.69) is 4.99 Å². The minimum absolute atomic E-state index is 0.0694. The number of hydrogen-bond donors (Lipinski definition) is 7. The third-order valence-electron chi connectivity index (χ3n) is 5.64. The predicted molar refractivity (Wildman–Crippen MR) is 76.1 cm³/mol. The molecule has 8 N–H and O–H groups in total. The van der Waals surface area contributed by atoms with Crippen LogP contribution in [0, 0.1) is 5.92 Å². The summed E-state index contributed by atoms with van der Waals surface area (Å²) in [5, 5.41) is 64.1. The first kappa shape index (κ1) is 17.3. The van der Waals surface area contributed by atoms with Gasteiger partial charge in [0.2, 0.25) is 5.96 Å². The molecule has 1 unspecified atom stereocenters. The van der Waals surface area contributed by atoms with E-state index >= 15 is 0 Å². The van der Waals surface area contributed by atoms with Gasteiger partial charge >= 0.3 is 5.97 Å².